The maximum absolute atomic E-state index is 15.7. The van der Waals surface area contributed by atoms with Crippen LogP contribution in [0, 0.1) is 0 Å². The molecule has 3 rings (SSSR count). The van der Waals surface area contributed by atoms with Gasteiger partial charge in [0.2, 0.25) is 0 Å². The van der Waals surface area contributed by atoms with Crippen molar-refractivity contribution in [2.24, 2.45) is 0 Å². The number of hydrogen-bond acceptors (Lipinski definition) is 3. The molecule has 0 unspecified atom stereocenters. The summed E-state index contributed by atoms with van der Waals surface area (Å²) in [5.74, 6) is 0. The smallest absolute Gasteiger partial charge is 0.411 e. The van der Waals surface area contributed by atoms with Gasteiger partial charge in [-0.05, 0) is 65.9 Å². The molecule has 1 amide bonds. The fourth-order valence-corrected chi connectivity index (χ4v) is 4.89. The van der Waals surface area contributed by atoms with Crippen LogP contribution >= 0.6 is 0 Å². The van der Waals surface area contributed by atoms with Crippen LogP contribution in [0.2, 0.25) is 0 Å². The summed E-state index contributed by atoms with van der Waals surface area (Å²) in [6, 6.07) is 9.77. The van der Waals surface area contributed by atoms with E-state index in [2.05, 4.69) is 12.2 Å². The van der Waals surface area contributed by atoms with Crippen LogP contribution in [0.1, 0.15) is 65.9 Å². The van der Waals surface area contributed by atoms with Gasteiger partial charge in [-0.3, -0.25) is 4.90 Å². The van der Waals surface area contributed by atoms with Crippen LogP contribution in [0.5, 0.6) is 0 Å². The molecule has 1 aromatic rings. The lowest BCUT2D eigenvalue weighted by Gasteiger charge is -2.61. The summed E-state index contributed by atoms with van der Waals surface area (Å²) < 4.78 is 21.4. The van der Waals surface area contributed by atoms with E-state index >= 15 is 4.39 Å². The quantitative estimate of drug-likeness (QED) is 0.822. The number of alkyl halides is 1. The van der Waals surface area contributed by atoms with Crippen LogP contribution in [0.4, 0.5) is 9.18 Å². The molecule has 2 aliphatic heterocycles. The molecule has 150 valence electrons. The SMILES string of the molecule is CC(C)(C)OC(=O)N1[C@@]2(C)CCC[C@]1(C)[C@@H](F)[C@@H](NCc1ccccc1)C2. The van der Waals surface area contributed by atoms with Crippen molar-refractivity contribution >= 4 is 6.09 Å². The number of piperidine rings is 2. The molecule has 2 heterocycles. The first-order chi connectivity index (χ1) is 12.6. The molecule has 1 N–H and O–H groups in total. The number of amides is 1. The van der Waals surface area contributed by atoms with E-state index in [1.54, 1.807) is 4.90 Å². The van der Waals surface area contributed by atoms with Gasteiger partial charge in [-0.25, -0.2) is 9.18 Å². The van der Waals surface area contributed by atoms with Crippen molar-refractivity contribution < 1.29 is 13.9 Å². The molecule has 5 heteroatoms. The number of nitrogens with zero attached hydrogens (tertiary/aromatic N) is 1. The average molecular weight is 377 g/mol. The average Bonchev–Trinajstić information content (AvgIpc) is 2.56. The first-order valence-electron chi connectivity index (χ1n) is 10.00. The summed E-state index contributed by atoms with van der Waals surface area (Å²) in [5.41, 5.74) is -0.694. The van der Waals surface area contributed by atoms with Crippen molar-refractivity contribution in [3.8, 4) is 0 Å². The van der Waals surface area contributed by atoms with Gasteiger partial charge in [-0.1, -0.05) is 30.3 Å². The second kappa shape index (κ2) is 7.08. The highest BCUT2D eigenvalue weighted by Crippen LogP contribution is 2.49. The van der Waals surface area contributed by atoms with Crippen LogP contribution in [0.15, 0.2) is 30.3 Å². The third kappa shape index (κ3) is 3.98. The number of rotatable bonds is 3. The van der Waals surface area contributed by atoms with Gasteiger partial charge in [0.05, 0.1) is 5.54 Å². The van der Waals surface area contributed by atoms with Crippen molar-refractivity contribution in [2.45, 2.75) is 95.7 Å². The Hall–Kier alpha value is -1.62. The van der Waals surface area contributed by atoms with E-state index in [0.717, 1.165) is 18.4 Å². The first kappa shape index (κ1) is 20.1. The van der Waals surface area contributed by atoms with Crippen molar-refractivity contribution in [1.82, 2.24) is 10.2 Å². The van der Waals surface area contributed by atoms with E-state index in [4.69, 9.17) is 4.74 Å². The molecule has 0 aromatic heterocycles. The minimum atomic E-state index is -1.14. The molecule has 4 atom stereocenters. The maximum atomic E-state index is 15.7. The molecule has 1 aromatic carbocycles. The molecule has 0 radical (unpaired) electrons. The van der Waals surface area contributed by atoms with Crippen molar-refractivity contribution in [1.29, 1.82) is 0 Å². The highest BCUT2D eigenvalue weighted by Gasteiger charge is 2.60. The zero-order valence-corrected chi connectivity index (χ0v) is 17.2. The Bertz CT molecular complexity index is 675. The van der Waals surface area contributed by atoms with E-state index in [1.165, 1.54) is 0 Å². The Morgan fingerprint density at radius 3 is 2.56 bits per heavy atom. The number of halogens is 1. The number of benzene rings is 1. The largest absolute Gasteiger partial charge is 0.444 e. The number of carbonyl (C=O) groups is 1. The van der Waals surface area contributed by atoms with Gasteiger partial charge in [0.1, 0.15) is 11.8 Å². The minimum absolute atomic E-state index is 0.279. The standard InChI is InChI=1S/C22H33FN2O2/c1-20(2,3)27-19(26)25-21(4)12-9-13-22(25,5)18(23)17(14-21)24-15-16-10-7-6-8-11-16/h6-8,10-11,17-18,24H,9,12-15H2,1-5H3/t17-,18-,21-,22+/m0/s1. The van der Waals surface area contributed by atoms with Gasteiger partial charge in [0.25, 0.3) is 0 Å². The molecular formula is C22H33FN2O2. The van der Waals surface area contributed by atoms with Crippen LogP contribution in [-0.4, -0.2) is 39.9 Å². The van der Waals surface area contributed by atoms with Crippen molar-refractivity contribution in [2.75, 3.05) is 0 Å². The molecular weight excluding hydrogens is 343 g/mol. The third-order valence-electron chi connectivity index (χ3n) is 6.04. The normalized spacial score (nSPS) is 33.6. The first-order valence-corrected chi connectivity index (χ1v) is 10.00. The number of carbonyl (C=O) groups excluding carboxylic acids is 1. The molecule has 0 spiro atoms. The number of fused-ring (bicyclic) bond motifs is 2. The Morgan fingerprint density at radius 2 is 1.93 bits per heavy atom. The summed E-state index contributed by atoms with van der Waals surface area (Å²) in [4.78, 5) is 14.7. The van der Waals surface area contributed by atoms with Gasteiger partial charge in [0.15, 0.2) is 0 Å². The van der Waals surface area contributed by atoms with Gasteiger partial charge < -0.3 is 10.1 Å². The fourth-order valence-electron chi connectivity index (χ4n) is 4.89. The van der Waals surface area contributed by atoms with Crippen molar-refractivity contribution in [3.05, 3.63) is 35.9 Å². The van der Waals surface area contributed by atoms with E-state index in [0.29, 0.717) is 19.4 Å². The molecule has 0 saturated carbocycles. The number of ether oxygens (including phenoxy) is 1. The second-order valence-electron chi connectivity index (χ2n) is 9.60. The highest BCUT2D eigenvalue weighted by atomic mass is 19.1. The Kier molecular flexibility index (Phi) is 5.28. The maximum Gasteiger partial charge on any atom is 0.411 e. The van der Waals surface area contributed by atoms with Crippen LogP contribution < -0.4 is 5.32 Å². The molecule has 4 nitrogen and oxygen atoms in total. The van der Waals surface area contributed by atoms with E-state index in [-0.39, 0.29) is 6.04 Å². The summed E-state index contributed by atoms with van der Waals surface area (Å²) in [6.07, 6.45) is 1.52. The van der Waals surface area contributed by atoms with E-state index in [1.807, 2.05) is 58.0 Å². The lowest BCUT2D eigenvalue weighted by molar-refractivity contribution is -0.131. The predicted molar refractivity (Wildman–Crippen MR) is 105 cm³/mol. The number of hydrogen-bond donors (Lipinski definition) is 1. The third-order valence-corrected chi connectivity index (χ3v) is 6.04. The number of nitrogens with one attached hydrogen (secondary N) is 1. The second-order valence-corrected chi connectivity index (χ2v) is 9.60. The lowest BCUT2D eigenvalue weighted by atomic mass is 9.66. The molecule has 2 fully saturated rings. The highest BCUT2D eigenvalue weighted by molar-refractivity contribution is 5.71. The Labute approximate surface area is 162 Å². The van der Waals surface area contributed by atoms with Crippen molar-refractivity contribution in [3.63, 3.8) is 0 Å². The Morgan fingerprint density at radius 1 is 1.26 bits per heavy atom. The minimum Gasteiger partial charge on any atom is -0.444 e. The lowest BCUT2D eigenvalue weighted by Crippen LogP contribution is -2.75. The molecule has 27 heavy (non-hydrogen) atoms. The molecule has 0 aliphatic carbocycles. The van der Waals surface area contributed by atoms with E-state index in [9.17, 15) is 4.79 Å². The molecule has 2 aliphatic rings. The summed E-state index contributed by atoms with van der Waals surface area (Å²) in [7, 11) is 0. The van der Waals surface area contributed by atoms with Crippen LogP contribution in [-0.2, 0) is 11.3 Å². The Balaban J connectivity index is 1.81. The van der Waals surface area contributed by atoms with Gasteiger partial charge in [-0.15, -0.1) is 0 Å². The summed E-state index contributed by atoms with van der Waals surface area (Å²) in [6.45, 7) is 10.2. The summed E-state index contributed by atoms with van der Waals surface area (Å²) >= 11 is 0. The zero-order chi connectivity index (χ0) is 19.9. The van der Waals surface area contributed by atoms with Crippen LogP contribution in [0.3, 0.4) is 0 Å². The predicted octanol–water partition coefficient (Wildman–Crippen LogP) is 4.83. The zero-order valence-electron chi connectivity index (χ0n) is 17.2. The summed E-state index contributed by atoms with van der Waals surface area (Å²) in [5, 5.41) is 3.42. The van der Waals surface area contributed by atoms with Gasteiger partial charge in [-0.2, -0.15) is 0 Å². The molecule has 2 bridgehead atoms. The van der Waals surface area contributed by atoms with Gasteiger partial charge >= 0.3 is 6.09 Å². The molecule has 2 saturated heterocycles. The van der Waals surface area contributed by atoms with E-state index < -0.39 is 28.9 Å². The monoisotopic (exact) mass is 376 g/mol. The fraction of sp³-hybridized carbons (Fsp3) is 0.682. The van der Waals surface area contributed by atoms with Crippen LogP contribution in [0.25, 0.3) is 0 Å². The topological polar surface area (TPSA) is 41.6 Å². The van der Waals surface area contributed by atoms with Gasteiger partial charge in [0, 0.05) is 18.1 Å².